The lowest BCUT2D eigenvalue weighted by Crippen LogP contribution is -2.59. The number of rotatable bonds is 5. The number of carbonyl (C=O) groups excluding carboxylic acids is 1. The molecule has 1 heterocycles. The molecule has 4 saturated carbocycles. The first-order chi connectivity index (χ1) is 13.4. The number of Topliss-reactive ketones (excluding diaryl/α,β-unsaturated/α-hetero) is 1. The molecule has 1 aromatic rings. The molecule has 0 amide bonds. The van der Waals surface area contributed by atoms with Crippen LogP contribution in [0, 0.1) is 22.2 Å². The highest BCUT2D eigenvalue weighted by Gasteiger charge is 2.62. The van der Waals surface area contributed by atoms with Crippen LogP contribution in [-0.2, 0) is 11.3 Å². The predicted molar refractivity (Wildman–Crippen MR) is 113 cm³/mol. The normalized spacial score (nSPS) is 40.7. The minimum Gasteiger partial charge on any atom is -0.298 e. The molecule has 3 heteroatoms. The fraction of sp³-hybridized carbons (Fsp3) is 0.720. The van der Waals surface area contributed by atoms with Gasteiger partial charge >= 0.3 is 0 Å². The van der Waals surface area contributed by atoms with Crippen LogP contribution in [0.4, 0.5) is 0 Å². The van der Waals surface area contributed by atoms with Gasteiger partial charge in [-0.1, -0.05) is 44.2 Å². The molecule has 6 rings (SSSR count). The number of hydrogen-bond acceptors (Lipinski definition) is 3. The Bertz CT molecular complexity index is 718. The lowest BCUT2D eigenvalue weighted by Gasteiger charge is -2.65. The van der Waals surface area contributed by atoms with E-state index in [4.69, 9.17) is 0 Å². The first-order valence-corrected chi connectivity index (χ1v) is 11.4. The summed E-state index contributed by atoms with van der Waals surface area (Å²) in [5.41, 5.74) is 2.25. The molecule has 0 spiro atoms. The second-order valence-corrected chi connectivity index (χ2v) is 11.4. The molecular formula is C25H36N2O. The summed E-state index contributed by atoms with van der Waals surface area (Å²) in [5.74, 6) is 1.38. The Kier molecular flexibility index (Phi) is 4.48. The maximum Gasteiger partial charge on any atom is 0.153 e. The van der Waals surface area contributed by atoms with Gasteiger partial charge in [0.1, 0.15) is 0 Å². The van der Waals surface area contributed by atoms with Gasteiger partial charge in [-0.05, 0) is 60.8 Å². The number of piperazine rings is 1. The zero-order valence-corrected chi connectivity index (χ0v) is 17.8. The lowest BCUT2D eigenvalue weighted by molar-refractivity contribution is -0.169. The van der Waals surface area contributed by atoms with E-state index in [0.717, 1.165) is 38.6 Å². The van der Waals surface area contributed by atoms with Crippen molar-refractivity contribution in [3.05, 3.63) is 35.9 Å². The van der Waals surface area contributed by atoms with Gasteiger partial charge in [0.15, 0.2) is 5.78 Å². The summed E-state index contributed by atoms with van der Waals surface area (Å²) in [4.78, 5) is 18.5. The SMILES string of the molecule is C[C@@]12CC3CC(C(=O)CN4CCN(Cc5ccccc5)CC4)(C1)C[C@@](C)(C3)C2. The first kappa shape index (κ1) is 18.8. The Labute approximate surface area is 170 Å². The average Bonchev–Trinajstić information content (AvgIpc) is 2.61. The van der Waals surface area contributed by atoms with Gasteiger partial charge in [0.05, 0.1) is 6.54 Å². The van der Waals surface area contributed by atoms with E-state index in [1.54, 1.807) is 0 Å². The second-order valence-electron chi connectivity index (χ2n) is 11.4. The number of benzene rings is 1. The Morgan fingerprint density at radius 1 is 0.893 bits per heavy atom. The summed E-state index contributed by atoms with van der Waals surface area (Å²) in [6, 6.07) is 10.8. The number of carbonyl (C=O) groups is 1. The van der Waals surface area contributed by atoms with Gasteiger partial charge in [-0.15, -0.1) is 0 Å². The molecule has 4 bridgehead atoms. The minimum absolute atomic E-state index is 0.00406. The van der Waals surface area contributed by atoms with Crippen LogP contribution in [0.2, 0.25) is 0 Å². The van der Waals surface area contributed by atoms with E-state index in [0.29, 0.717) is 23.2 Å². The van der Waals surface area contributed by atoms with Crippen LogP contribution in [0.5, 0.6) is 0 Å². The molecular weight excluding hydrogens is 344 g/mol. The Morgan fingerprint density at radius 3 is 2.11 bits per heavy atom. The summed E-state index contributed by atoms with van der Waals surface area (Å²) >= 11 is 0. The zero-order valence-electron chi connectivity index (χ0n) is 17.8. The molecule has 4 aliphatic carbocycles. The van der Waals surface area contributed by atoms with E-state index < -0.39 is 0 Å². The van der Waals surface area contributed by atoms with Gasteiger partial charge in [-0.2, -0.15) is 0 Å². The zero-order chi connectivity index (χ0) is 19.4. The Balaban J connectivity index is 1.19. The van der Waals surface area contributed by atoms with Gasteiger partial charge in [0.2, 0.25) is 0 Å². The van der Waals surface area contributed by atoms with Crippen LogP contribution >= 0.6 is 0 Å². The monoisotopic (exact) mass is 380 g/mol. The third-order valence-corrected chi connectivity index (χ3v) is 8.30. The topological polar surface area (TPSA) is 23.6 Å². The third kappa shape index (κ3) is 3.45. The third-order valence-electron chi connectivity index (χ3n) is 8.30. The van der Waals surface area contributed by atoms with Crippen LogP contribution in [0.25, 0.3) is 0 Å². The van der Waals surface area contributed by atoms with Crippen LogP contribution in [0.15, 0.2) is 30.3 Å². The fourth-order valence-electron chi connectivity index (χ4n) is 8.08. The van der Waals surface area contributed by atoms with Crippen LogP contribution in [0.1, 0.15) is 57.9 Å². The lowest BCUT2D eigenvalue weighted by atomic mass is 9.39. The quantitative estimate of drug-likeness (QED) is 0.758. The van der Waals surface area contributed by atoms with Crippen molar-refractivity contribution in [3.8, 4) is 0 Å². The van der Waals surface area contributed by atoms with Gasteiger partial charge in [0.25, 0.3) is 0 Å². The molecule has 5 fully saturated rings. The van der Waals surface area contributed by atoms with Crippen molar-refractivity contribution in [1.29, 1.82) is 0 Å². The van der Waals surface area contributed by atoms with Crippen molar-refractivity contribution in [3.63, 3.8) is 0 Å². The predicted octanol–water partition coefficient (Wildman–Crippen LogP) is 4.37. The standard InChI is InChI=1S/C25H36N2O/c1-23-12-21-13-24(2,17-23)19-25(14-21,18-23)22(28)16-27-10-8-26(9-11-27)15-20-6-4-3-5-7-20/h3-7,21H,8-19H2,1-2H3/t21?,23-,24-,25?/m0/s1. The molecule has 1 aromatic carbocycles. The van der Waals surface area contributed by atoms with E-state index in [2.05, 4.69) is 54.0 Å². The Morgan fingerprint density at radius 2 is 1.50 bits per heavy atom. The molecule has 0 radical (unpaired) electrons. The van der Waals surface area contributed by atoms with Crippen molar-refractivity contribution in [2.45, 2.75) is 58.9 Å². The molecule has 0 unspecified atom stereocenters. The molecule has 28 heavy (non-hydrogen) atoms. The number of ketones is 1. The summed E-state index contributed by atoms with van der Waals surface area (Å²) in [7, 11) is 0. The van der Waals surface area contributed by atoms with E-state index in [-0.39, 0.29) is 5.41 Å². The summed E-state index contributed by atoms with van der Waals surface area (Å²) in [6.07, 6.45) is 7.61. The van der Waals surface area contributed by atoms with Gasteiger partial charge in [-0.3, -0.25) is 14.6 Å². The smallest absolute Gasteiger partial charge is 0.153 e. The largest absolute Gasteiger partial charge is 0.298 e. The molecule has 0 aromatic heterocycles. The van der Waals surface area contributed by atoms with E-state index in [1.807, 2.05) is 0 Å². The van der Waals surface area contributed by atoms with Crippen molar-refractivity contribution in [1.82, 2.24) is 9.80 Å². The highest BCUT2D eigenvalue weighted by molar-refractivity contribution is 5.87. The minimum atomic E-state index is 0.00406. The second kappa shape index (κ2) is 6.67. The maximum absolute atomic E-state index is 13.6. The van der Waals surface area contributed by atoms with Gasteiger partial charge in [0, 0.05) is 38.1 Å². The summed E-state index contributed by atoms with van der Waals surface area (Å²) < 4.78 is 0. The van der Waals surface area contributed by atoms with Crippen molar-refractivity contribution in [2.24, 2.45) is 22.2 Å². The maximum atomic E-state index is 13.6. The van der Waals surface area contributed by atoms with Crippen LogP contribution in [-0.4, -0.2) is 48.3 Å². The molecule has 0 N–H and O–H groups in total. The molecule has 5 aliphatic rings. The molecule has 2 atom stereocenters. The Hall–Kier alpha value is -1.19. The average molecular weight is 381 g/mol. The highest BCUT2D eigenvalue weighted by Crippen LogP contribution is 2.69. The molecule has 1 aliphatic heterocycles. The van der Waals surface area contributed by atoms with Crippen LogP contribution < -0.4 is 0 Å². The first-order valence-electron chi connectivity index (χ1n) is 11.4. The number of hydrogen-bond donors (Lipinski definition) is 0. The van der Waals surface area contributed by atoms with Crippen LogP contribution in [0.3, 0.4) is 0 Å². The number of nitrogens with zero attached hydrogens (tertiary/aromatic N) is 2. The highest BCUT2D eigenvalue weighted by atomic mass is 16.1. The molecule has 3 nitrogen and oxygen atoms in total. The van der Waals surface area contributed by atoms with Gasteiger partial charge in [-0.25, -0.2) is 0 Å². The van der Waals surface area contributed by atoms with E-state index >= 15 is 0 Å². The molecule has 1 saturated heterocycles. The van der Waals surface area contributed by atoms with Crippen molar-refractivity contribution >= 4 is 5.78 Å². The summed E-state index contributed by atoms with van der Waals surface area (Å²) in [5, 5.41) is 0. The molecule has 152 valence electrons. The van der Waals surface area contributed by atoms with E-state index in [1.165, 1.54) is 44.1 Å². The van der Waals surface area contributed by atoms with Crippen molar-refractivity contribution < 1.29 is 4.79 Å². The van der Waals surface area contributed by atoms with Crippen molar-refractivity contribution in [2.75, 3.05) is 32.7 Å². The van der Waals surface area contributed by atoms with E-state index in [9.17, 15) is 4.79 Å². The van der Waals surface area contributed by atoms with Gasteiger partial charge < -0.3 is 0 Å². The fourth-order valence-corrected chi connectivity index (χ4v) is 8.08. The summed E-state index contributed by atoms with van der Waals surface area (Å²) in [6.45, 7) is 10.9.